The van der Waals surface area contributed by atoms with Crippen LogP contribution >= 0.6 is 31.9 Å². The first kappa shape index (κ1) is 13.8. The molecule has 2 aromatic rings. The Morgan fingerprint density at radius 1 is 1.10 bits per heavy atom. The van der Waals surface area contributed by atoms with Gasteiger partial charge in [-0.3, -0.25) is 4.79 Å². The number of halogens is 2. The van der Waals surface area contributed by atoms with Crippen LogP contribution in [0.4, 0.5) is 0 Å². The van der Waals surface area contributed by atoms with Gasteiger partial charge < -0.3 is 5.32 Å². The molecule has 3 rings (SSSR count). The van der Waals surface area contributed by atoms with Crippen molar-refractivity contribution in [2.45, 2.75) is 17.3 Å². The first-order valence-corrected chi connectivity index (χ1v) is 8.14. The molecule has 0 aromatic heterocycles. The standard InChI is InChI=1S/C16H13Br2NO/c17-12-7-5-10(6-8-12)16(20)19-15-13-4-2-1-3-11(13)9-14(15)18/h1-8,14-15H,9H2,(H,19,20). The Morgan fingerprint density at radius 2 is 1.80 bits per heavy atom. The van der Waals surface area contributed by atoms with Gasteiger partial charge in [-0.1, -0.05) is 56.1 Å². The molecule has 2 unspecified atom stereocenters. The minimum atomic E-state index is -0.0383. The summed E-state index contributed by atoms with van der Waals surface area (Å²) < 4.78 is 0.971. The summed E-state index contributed by atoms with van der Waals surface area (Å²) in [5, 5.41) is 3.12. The summed E-state index contributed by atoms with van der Waals surface area (Å²) in [4.78, 5) is 12.6. The van der Waals surface area contributed by atoms with Gasteiger partial charge in [0.05, 0.1) is 6.04 Å². The SMILES string of the molecule is O=C(NC1c2ccccc2CC1Br)c1ccc(Br)cc1. The maximum Gasteiger partial charge on any atom is 0.251 e. The topological polar surface area (TPSA) is 29.1 Å². The summed E-state index contributed by atoms with van der Waals surface area (Å²) >= 11 is 7.05. The third-order valence-corrected chi connectivity index (χ3v) is 4.94. The third kappa shape index (κ3) is 2.67. The van der Waals surface area contributed by atoms with Crippen LogP contribution in [0, 0.1) is 0 Å². The van der Waals surface area contributed by atoms with E-state index in [0.29, 0.717) is 5.56 Å². The number of rotatable bonds is 2. The second-order valence-electron chi connectivity index (χ2n) is 4.88. The van der Waals surface area contributed by atoms with E-state index in [-0.39, 0.29) is 16.8 Å². The van der Waals surface area contributed by atoms with E-state index in [4.69, 9.17) is 0 Å². The van der Waals surface area contributed by atoms with Gasteiger partial charge in [0, 0.05) is 14.9 Å². The zero-order valence-electron chi connectivity index (χ0n) is 10.6. The van der Waals surface area contributed by atoms with E-state index in [1.54, 1.807) is 0 Å². The minimum Gasteiger partial charge on any atom is -0.344 e. The summed E-state index contributed by atoms with van der Waals surface area (Å²) in [5.74, 6) is -0.0383. The van der Waals surface area contributed by atoms with Crippen LogP contribution in [0.3, 0.4) is 0 Å². The Balaban J connectivity index is 1.81. The van der Waals surface area contributed by atoms with E-state index >= 15 is 0 Å². The first-order valence-electron chi connectivity index (χ1n) is 6.43. The second-order valence-corrected chi connectivity index (χ2v) is 6.97. The highest BCUT2D eigenvalue weighted by Gasteiger charge is 2.31. The molecule has 102 valence electrons. The van der Waals surface area contributed by atoms with Gasteiger partial charge in [0.25, 0.3) is 5.91 Å². The number of fused-ring (bicyclic) bond motifs is 1. The van der Waals surface area contributed by atoms with E-state index in [2.05, 4.69) is 49.3 Å². The monoisotopic (exact) mass is 393 g/mol. The maximum atomic E-state index is 12.3. The van der Waals surface area contributed by atoms with Crippen LogP contribution in [0.25, 0.3) is 0 Å². The van der Waals surface area contributed by atoms with Crippen LogP contribution in [-0.4, -0.2) is 10.7 Å². The molecule has 4 heteroatoms. The minimum absolute atomic E-state index is 0.0300. The number of amides is 1. The molecule has 0 fully saturated rings. The predicted octanol–water partition coefficient (Wildman–Crippen LogP) is 4.24. The Labute approximate surface area is 134 Å². The van der Waals surface area contributed by atoms with Crippen LogP contribution in [-0.2, 0) is 6.42 Å². The molecular weight excluding hydrogens is 382 g/mol. The fraction of sp³-hybridized carbons (Fsp3) is 0.188. The van der Waals surface area contributed by atoms with E-state index < -0.39 is 0 Å². The van der Waals surface area contributed by atoms with Crippen molar-refractivity contribution in [2.24, 2.45) is 0 Å². The smallest absolute Gasteiger partial charge is 0.251 e. The number of hydrogen-bond acceptors (Lipinski definition) is 1. The maximum absolute atomic E-state index is 12.3. The quantitative estimate of drug-likeness (QED) is 0.758. The van der Waals surface area contributed by atoms with Crippen molar-refractivity contribution < 1.29 is 4.79 Å². The van der Waals surface area contributed by atoms with E-state index in [0.717, 1.165) is 10.9 Å². The zero-order valence-corrected chi connectivity index (χ0v) is 13.8. The Kier molecular flexibility index (Phi) is 3.94. The molecule has 1 aliphatic rings. The Hall–Kier alpha value is -1.13. The molecule has 2 atom stereocenters. The lowest BCUT2D eigenvalue weighted by Crippen LogP contribution is -2.31. The van der Waals surface area contributed by atoms with Gasteiger partial charge in [-0.05, 0) is 41.8 Å². The van der Waals surface area contributed by atoms with Crippen LogP contribution in [0.15, 0.2) is 53.0 Å². The predicted molar refractivity (Wildman–Crippen MR) is 87.2 cm³/mol. The molecule has 1 amide bonds. The second kappa shape index (κ2) is 5.70. The van der Waals surface area contributed by atoms with Gasteiger partial charge in [-0.2, -0.15) is 0 Å². The molecule has 1 aliphatic carbocycles. The number of carbonyl (C=O) groups is 1. The lowest BCUT2D eigenvalue weighted by molar-refractivity contribution is 0.0938. The van der Waals surface area contributed by atoms with E-state index in [1.165, 1.54) is 11.1 Å². The molecule has 0 heterocycles. The Morgan fingerprint density at radius 3 is 2.55 bits per heavy atom. The summed E-state index contributed by atoms with van der Waals surface area (Å²) in [6.45, 7) is 0. The van der Waals surface area contributed by atoms with Crippen molar-refractivity contribution >= 4 is 37.8 Å². The van der Waals surface area contributed by atoms with Gasteiger partial charge in [-0.15, -0.1) is 0 Å². The number of alkyl halides is 1. The van der Waals surface area contributed by atoms with E-state index in [9.17, 15) is 4.79 Å². The third-order valence-electron chi connectivity index (χ3n) is 3.56. The Bertz CT molecular complexity index is 639. The molecule has 20 heavy (non-hydrogen) atoms. The number of nitrogens with one attached hydrogen (secondary N) is 1. The van der Waals surface area contributed by atoms with Crippen LogP contribution < -0.4 is 5.32 Å². The largest absolute Gasteiger partial charge is 0.344 e. The number of benzene rings is 2. The molecular formula is C16H13Br2NO. The van der Waals surface area contributed by atoms with Gasteiger partial charge in [-0.25, -0.2) is 0 Å². The molecule has 0 spiro atoms. The fourth-order valence-electron chi connectivity index (χ4n) is 2.54. The molecule has 1 N–H and O–H groups in total. The van der Waals surface area contributed by atoms with Crippen molar-refractivity contribution in [3.05, 3.63) is 69.7 Å². The van der Waals surface area contributed by atoms with Crippen LogP contribution in [0.5, 0.6) is 0 Å². The van der Waals surface area contributed by atoms with Crippen molar-refractivity contribution in [2.75, 3.05) is 0 Å². The highest BCUT2D eigenvalue weighted by molar-refractivity contribution is 9.10. The highest BCUT2D eigenvalue weighted by Crippen LogP contribution is 2.35. The molecule has 2 nitrogen and oxygen atoms in total. The molecule has 0 saturated carbocycles. The average Bonchev–Trinajstić information content (AvgIpc) is 2.76. The fourth-order valence-corrected chi connectivity index (χ4v) is 3.57. The summed E-state index contributed by atoms with van der Waals surface area (Å²) in [6, 6.07) is 15.7. The number of carbonyl (C=O) groups excluding carboxylic acids is 1. The molecule has 0 radical (unpaired) electrons. The summed E-state index contributed by atoms with van der Waals surface area (Å²) in [5.41, 5.74) is 3.19. The number of hydrogen-bond donors (Lipinski definition) is 1. The van der Waals surface area contributed by atoms with Gasteiger partial charge in [0.1, 0.15) is 0 Å². The molecule has 0 saturated heterocycles. The molecule has 0 bridgehead atoms. The lowest BCUT2D eigenvalue weighted by Gasteiger charge is -2.17. The van der Waals surface area contributed by atoms with E-state index in [1.807, 2.05) is 36.4 Å². The van der Waals surface area contributed by atoms with Gasteiger partial charge in [0.15, 0.2) is 0 Å². The first-order chi connectivity index (χ1) is 9.65. The van der Waals surface area contributed by atoms with Crippen molar-refractivity contribution in [3.63, 3.8) is 0 Å². The van der Waals surface area contributed by atoms with Crippen molar-refractivity contribution in [1.29, 1.82) is 0 Å². The summed E-state index contributed by atoms with van der Waals surface area (Å²) in [6.07, 6.45) is 0.946. The van der Waals surface area contributed by atoms with Gasteiger partial charge >= 0.3 is 0 Å². The lowest BCUT2D eigenvalue weighted by atomic mass is 10.1. The van der Waals surface area contributed by atoms with Crippen LogP contribution in [0.1, 0.15) is 27.5 Å². The zero-order chi connectivity index (χ0) is 14.1. The highest BCUT2D eigenvalue weighted by atomic mass is 79.9. The average molecular weight is 395 g/mol. The summed E-state index contributed by atoms with van der Waals surface area (Å²) in [7, 11) is 0. The van der Waals surface area contributed by atoms with Crippen LogP contribution in [0.2, 0.25) is 0 Å². The van der Waals surface area contributed by atoms with Crippen molar-refractivity contribution in [3.8, 4) is 0 Å². The normalized spacial score (nSPS) is 20.5. The van der Waals surface area contributed by atoms with Crippen molar-refractivity contribution in [1.82, 2.24) is 5.32 Å². The van der Waals surface area contributed by atoms with Gasteiger partial charge in [0.2, 0.25) is 0 Å². The molecule has 2 aromatic carbocycles. The molecule has 0 aliphatic heterocycles.